The van der Waals surface area contributed by atoms with Gasteiger partial charge in [-0.25, -0.2) is 14.4 Å². The molecule has 3 heterocycles. The molecule has 1 aromatic carbocycles. The zero-order chi connectivity index (χ0) is 23.6. The maximum Gasteiger partial charge on any atom is 0.140 e. The normalized spacial score (nSPS) is 16.2. The number of nitrogens with one attached hydrogen (secondary N) is 1. The van der Waals surface area contributed by atoms with Crippen LogP contribution < -0.4 is 10.2 Å². The molecule has 3 aromatic rings. The molecule has 2 aromatic heterocycles. The third-order valence-corrected chi connectivity index (χ3v) is 5.64. The second kappa shape index (κ2) is 12.2. The lowest BCUT2D eigenvalue weighted by Gasteiger charge is -2.34. The number of piperazine rings is 1. The minimum absolute atomic E-state index is 0.228. The number of nitrogens with zero attached hydrogens (tertiary/aromatic N) is 4. The van der Waals surface area contributed by atoms with Crippen molar-refractivity contribution in [1.82, 2.24) is 20.3 Å². The highest BCUT2D eigenvalue weighted by molar-refractivity contribution is 5.86. The first-order valence-corrected chi connectivity index (χ1v) is 11.7. The lowest BCUT2D eigenvalue weighted by molar-refractivity contribution is 0.482. The molecule has 0 radical (unpaired) electrons. The van der Waals surface area contributed by atoms with Gasteiger partial charge in [0.1, 0.15) is 18.0 Å². The van der Waals surface area contributed by atoms with E-state index in [1.54, 1.807) is 18.5 Å². The van der Waals surface area contributed by atoms with Crippen LogP contribution in [-0.4, -0.2) is 40.6 Å². The van der Waals surface area contributed by atoms with Crippen LogP contribution in [0.5, 0.6) is 0 Å². The monoisotopic (exact) mass is 447 g/mol. The Bertz CT molecular complexity index is 1050. The number of halogens is 1. The summed E-state index contributed by atoms with van der Waals surface area (Å²) < 4.78 is 14.4. The fourth-order valence-electron chi connectivity index (χ4n) is 4.06. The van der Waals surface area contributed by atoms with Gasteiger partial charge < -0.3 is 10.2 Å². The standard InChI is InChI=1S/C19H23FN4.C8H11N/c1-4-15(16-7-5-6-8-17(16)20)18-14(3)22-12-23-19(18)24-10-9-21-13(2)11-24;1-2-5-8-6-3-4-7-9-8/h4-8,12-13,21H,9-11H2,1-3H3;3-4,6-7H,2,5H2,1H3/b15-4-;. The Morgan fingerprint density at radius 1 is 1.15 bits per heavy atom. The summed E-state index contributed by atoms with van der Waals surface area (Å²) in [6.45, 7) is 10.9. The fraction of sp³-hybridized carbons (Fsp3) is 0.370. The van der Waals surface area contributed by atoms with Gasteiger partial charge in [0.2, 0.25) is 0 Å². The van der Waals surface area contributed by atoms with Crippen LogP contribution in [0.25, 0.3) is 5.57 Å². The van der Waals surface area contributed by atoms with Crippen molar-refractivity contribution < 1.29 is 4.39 Å². The second-order valence-corrected chi connectivity index (χ2v) is 8.21. The van der Waals surface area contributed by atoms with Crippen molar-refractivity contribution in [1.29, 1.82) is 0 Å². The zero-order valence-corrected chi connectivity index (χ0v) is 20.1. The van der Waals surface area contributed by atoms with Gasteiger partial charge in [0.15, 0.2) is 0 Å². The van der Waals surface area contributed by atoms with E-state index in [1.807, 2.05) is 44.3 Å². The molecule has 1 fully saturated rings. The van der Waals surface area contributed by atoms with E-state index < -0.39 is 0 Å². The largest absolute Gasteiger partial charge is 0.353 e. The molecule has 0 bridgehead atoms. The molecule has 6 heteroatoms. The predicted molar refractivity (Wildman–Crippen MR) is 134 cm³/mol. The predicted octanol–water partition coefficient (Wildman–Crippen LogP) is 5.21. The van der Waals surface area contributed by atoms with Gasteiger partial charge in [0, 0.05) is 48.7 Å². The first-order chi connectivity index (χ1) is 16.0. The maximum atomic E-state index is 14.4. The second-order valence-electron chi connectivity index (χ2n) is 8.21. The molecule has 1 aliphatic rings. The summed E-state index contributed by atoms with van der Waals surface area (Å²) in [5.74, 6) is 0.653. The number of pyridine rings is 1. The number of allylic oxidation sites excluding steroid dienone is 1. The van der Waals surface area contributed by atoms with Gasteiger partial charge in [-0.05, 0) is 51.0 Å². The topological polar surface area (TPSA) is 53.9 Å². The summed E-state index contributed by atoms with van der Waals surface area (Å²) >= 11 is 0. The molecule has 1 N–H and O–H groups in total. The number of rotatable bonds is 5. The van der Waals surface area contributed by atoms with Crippen molar-refractivity contribution in [2.75, 3.05) is 24.5 Å². The highest BCUT2D eigenvalue weighted by atomic mass is 19.1. The quantitative estimate of drug-likeness (QED) is 0.582. The van der Waals surface area contributed by atoms with Crippen LogP contribution in [0.15, 0.2) is 61.1 Å². The maximum absolute atomic E-state index is 14.4. The minimum atomic E-state index is -0.228. The summed E-state index contributed by atoms with van der Waals surface area (Å²) in [4.78, 5) is 15.3. The average Bonchev–Trinajstić information content (AvgIpc) is 2.83. The first kappa shape index (κ1) is 24.5. The number of hydrogen-bond donors (Lipinski definition) is 1. The third kappa shape index (κ3) is 6.45. The van der Waals surface area contributed by atoms with Gasteiger partial charge in [0.05, 0.1) is 5.69 Å². The van der Waals surface area contributed by atoms with Crippen molar-refractivity contribution in [3.8, 4) is 0 Å². The van der Waals surface area contributed by atoms with Crippen molar-refractivity contribution in [2.45, 2.75) is 46.6 Å². The molecule has 0 aliphatic carbocycles. The average molecular weight is 448 g/mol. The smallest absolute Gasteiger partial charge is 0.140 e. The highest BCUT2D eigenvalue weighted by Gasteiger charge is 2.24. The van der Waals surface area contributed by atoms with Gasteiger partial charge >= 0.3 is 0 Å². The lowest BCUT2D eigenvalue weighted by Crippen LogP contribution is -2.49. The fourth-order valence-corrected chi connectivity index (χ4v) is 4.06. The van der Waals surface area contributed by atoms with Crippen molar-refractivity contribution >= 4 is 11.4 Å². The molecule has 0 amide bonds. The van der Waals surface area contributed by atoms with Crippen LogP contribution in [0.4, 0.5) is 10.2 Å². The Labute approximate surface area is 196 Å². The molecule has 174 valence electrons. The van der Waals surface area contributed by atoms with E-state index in [-0.39, 0.29) is 5.82 Å². The molecule has 0 spiro atoms. The number of aromatic nitrogens is 3. The molecule has 1 unspecified atom stereocenters. The van der Waals surface area contributed by atoms with Crippen molar-refractivity contribution in [2.24, 2.45) is 0 Å². The number of anilines is 1. The van der Waals surface area contributed by atoms with Crippen LogP contribution in [-0.2, 0) is 6.42 Å². The molecule has 1 aliphatic heterocycles. The summed E-state index contributed by atoms with van der Waals surface area (Å²) in [5, 5.41) is 3.44. The van der Waals surface area contributed by atoms with Crippen LogP contribution in [0.3, 0.4) is 0 Å². The summed E-state index contributed by atoms with van der Waals surface area (Å²) in [5.41, 5.74) is 4.40. The SMILES string of the molecule is C/C=C(/c1ccccc1F)c1c(C)ncnc1N1CCNC(C)C1.CCCc1ccccn1. The van der Waals surface area contributed by atoms with Crippen molar-refractivity contribution in [3.63, 3.8) is 0 Å². The van der Waals surface area contributed by atoms with Gasteiger partial charge in [-0.15, -0.1) is 0 Å². The Morgan fingerprint density at radius 3 is 2.61 bits per heavy atom. The van der Waals surface area contributed by atoms with E-state index in [2.05, 4.69) is 45.1 Å². The summed E-state index contributed by atoms with van der Waals surface area (Å²) in [7, 11) is 0. The number of aryl methyl sites for hydroxylation is 2. The van der Waals surface area contributed by atoms with Gasteiger partial charge in [-0.1, -0.05) is 43.7 Å². The molecule has 33 heavy (non-hydrogen) atoms. The van der Waals surface area contributed by atoms with Crippen molar-refractivity contribution in [3.05, 3.63) is 89.4 Å². The van der Waals surface area contributed by atoms with E-state index in [4.69, 9.17) is 0 Å². The highest BCUT2D eigenvalue weighted by Crippen LogP contribution is 2.33. The van der Waals surface area contributed by atoms with Gasteiger partial charge in [0.25, 0.3) is 0 Å². The molecule has 4 rings (SSSR count). The van der Waals surface area contributed by atoms with Crippen LogP contribution in [0.1, 0.15) is 49.7 Å². The molecule has 0 saturated carbocycles. The third-order valence-electron chi connectivity index (χ3n) is 5.64. The Morgan fingerprint density at radius 2 is 1.94 bits per heavy atom. The number of hydrogen-bond acceptors (Lipinski definition) is 5. The van der Waals surface area contributed by atoms with E-state index >= 15 is 0 Å². The summed E-state index contributed by atoms with van der Waals surface area (Å²) in [6.07, 6.45) is 7.65. The lowest BCUT2D eigenvalue weighted by atomic mass is 9.95. The minimum Gasteiger partial charge on any atom is -0.353 e. The van der Waals surface area contributed by atoms with Gasteiger partial charge in [-0.3, -0.25) is 4.98 Å². The van der Waals surface area contributed by atoms with E-state index in [9.17, 15) is 4.39 Å². The van der Waals surface area contributed by atoms with E-state index in [0.29, 0.717) is 11.6 Å². The molecule has 1 saturated heterocycles. The molecular weight excluding hydrogens is 413 g/mol. The molecule has 5 nitrogen and oxygen atoms in total. The van der Waals surface area contributed by atoms with Gasteiger partial charge in [-0.2, -0.15) is 0 Å². The Hall–Kier alpha value is -3.12. The van der Waals surface area contributed by atoms with Crippen LogP contribution in [0.2, 0.25) is 0 Å². The summed E-state index contributed by atoms with van der Waals surface area (Å²) in [6, 6.07) is 13.3. The number of benzene rings is 1. The van der Waals surface area contributed by atoms with E-state index in [1.165, 1.54) is 18.2 Å². The Balaban J connectivity index is 0.000000286. The Kier molecular flexibility index (Phi) is 9.07. The van der Waals surface area contributed by atoms with Crippen LogP contribution >= 0.6 is 0 Å². The first-order valence-electron chi connectivity index (χ1n) is 11.7. The van der Waals surface area contributed by atoms with Crippen LogP contribution in [0, 0.1) is 12.7 Å². The molecule has 1 atom stereocenters. The van der Waals surface area contributed by atoms with E-state index in [0.717, 1.165) is 48.7 Å². The molecular formula is C27H34FN5. The zero-order valence-electron chi connectivity index (χ0n) is 20.1.